The summed E-state index contributed by atoms with van der Waals surface area (Å²) >= 11 is 0. The van der Waals surface area contributed by atoms with Gasteiger partial charge >= 0.3 is 0 Å². The number of anilines is 1. The Morgan fingerprint density at radius 2 is 2.11 bits per heavy atom. The van der Waals surface area contributed by atoms with Crippen molar-refractivity contribution in [2.75, 3.05) is 18.9 Å². The van der Waals surface area contributed by atoms with Gasteiger partial charge in [0.15, 0.2) is 0 Å². The molecule has 1 aromatic rings. The van der Waals surface area contributed by atoms with Crippen molar-refractivity contribution in [3.05, 3.63) is 18.5 Å². The number of hydrogen-bond donors (Lipinski definition) is 3. The predicted molar refractivity (Wildman–Crippen MR) is 71.9 cm³/mol. The molecule has 0 unspecified atom stereocenters. The van der Waals surface area contributed by atoms with Gasteiger partial charge in [-0.25, -0.2) is 13.1 Å². The van der Waals surface area contributed by atoms with Gasteiger partial charge in [0, 0.05) is 26.0 Å². The molecule has 1 aromatic heterocycles. The van der Waals surface area contributed by atoms with E-state index in [1.54, 1.807) is 27.0 Å². The van der Waals surface area contributed by atoms with E-state index >= 15 is 0 Å². The number of aromatic nitrogens is 1. The van der Waals surface area contributed by atoms with Gasteiger partial charge in [-0.05, 0) is 19.9 Å². The molecule has 0 atom stereocenters. The normalized spacial score (nSPS) is 12.2. The Hall–Kier alpha value is -1.67. The van der Waals surface area contributed by atoms with Crippen LogP contribution in [0.5, 0.6) is 0 Å². The molecule has 0 aliphatic carbocycles. The topological polar surface area (TPSA) is 114 Å². The van der Waals surface area contributed by atoms with E-state index in [0.29, 0.717) is 5.69 Å². The maximum Gasteiger partial charge on any atom is 0.244 e. The van der Waals surface area contributed by atoms with Gasteiger partial charge in [-0.3, -0.25) is 9.78 Å². The number of rotatable bonds is 6. The van der Waals surface area contributed by atoms with Gasteiger partial charge in [-0.15, -0.1) is 0 Å². The van der Waals surface area contributed by atoms with Gasteiger partial charge in [0.25, 0.3) is 0 Å². The largest absolute Gasteiger partial charge is 0.387 e. The second-order valence-electron chi connectivity index (χ2n) is 4.69. The minimum atomic E-state index is -3.75. The fraction of sp³-hybridized carbons (Fsp3) is 0.455. The third kappa shape index (κ3) is 3.65. The summed E-state index contributed by atoms with van der Waals surface area (Å²) in [5.41, 5.74) is 4.66. The number of carbonyl (C=O) groups excluding carboxylic acids is 1. The van der Waals surface area contributed by atoms with Crippen LogP contribution in [0.1, 0.15) is 13.8 Å². The van der Waals surface area contributed by atoms with Gasteiger partial charge in [0.05, 0.1) is 11.1 Å². The number of primary amides is 1. The monoisotopic (exact) mass is 286 g/mol. The van der Waals surface area contributed by atoms with E-state index in [4.69, 9.17) is 5.73 Å². The lowest BCUT2D eigenvalue weighted by Gasteiger charge is -2.21. The molecule has 1 heterocycles. The van der Waals surface area contributed by atoms with Crippen molar-refractivity contribution in [3.8, 4) is 0 Å². The summed E-state index contributed by atoms with van der Waals surface area (Å²) < 4.78 is 26.6. The third-order valence-electron chi connectivity index (χ3n) is 2.71. The Balaban J connectivity index is 2.97. The Morgan fingerprint density at radius 3 is 2.63 bits per heavy atom. The highest BCUT2D eigenvalue weighted by molar-refractivity contribution is 7.89. The lowest BCUT2D eigenvalue weighted by molar-refractivity contribution is -0.125. The molecule has 4 N–H and O–H groups in total. The number of nitrogens with two attached hydrogens (primary N) is 1. The first kappa shape index (κ1) is 15.4. The first-order chi connectivity index (χ1) is 8.70. The second-order valence-corrected chi connectivity index (χ2v) is 6.43. The Morgan fingerprint density at radius 1 is 1.47 bits per heavy atom. The molecule has 1 amide bonds. The molecule has 0 radical (unpaired) electrons. The minimum absolute atomic E-state index is 0.0257. The summed E-state index contributed by atoms with van der Waals surface area (Å²) in [6.45, 7) is 3.06. The zero-order valence-corrected chi connectivity index (χ0v) is 11.9. The van der Waals surface area contributed by atoms with Gasteiger partial charge in [-0.2, -0.15) is 0 Å². The zero-order chi connectivity index (χ0) is 14.7. The number of pyridine rings is 1. The molecule has 8 heteroatoms. The lowest BCUT2D eigenvalue weighted by atomic mass is 9.93. The van der Waals surface area contributed by atoms with Crippen LogP contribution < -0.4 is 15.8 Å². The first-order valence-corrected chi connectivity index (χ1v) is 7.10. The number of hydrogen-bond acceptors (Lipinski definition) is 5. The number of carbonyl (C=O) groups is 1. The number of sulfonamides is 1. The molecule has 0 aliphatic heterocycles. The first-order valence-electron chi connectivity index (χ1n) is 5.62. The number of amides is 1. The van der Waals surface area contributed by atoms with Crippen molar-refractivity contribution < 1.29 is 13.2 Å². The fourth-order valence-electron chi connectivity index (χ4n) is 1.24. The van der Waals surface area contributed by atoms with Gasteiger partial charge in [0.1, 0.15) is 4.90 Å². The van der Waals surface area contributed by atoms with Crippen molar-refractivity contribution in [2.24, 2.45) is 11.1 Å². The summed E-state index contributed by atoms with van der Waals surface area (Å²) in [7, 11) is -2.14. The van der Waals surface area contributed by atoms with Crippen LogP contribution in [-0.4, -0.2) is 32.9 Å². The van der Waals surface area contributed by atoms with Crippen LogP contribution in [0.15, 0.2) is 23.4 Å². The molecule has 7 nitrogen and oxygen atoms in total. The van der Waals surface area contributed by atoms with E-state index in [-0.39, 0.29) is 11.4 Å². The lowest BCUT2D eigenvalue weighted by Crippen LogP contribution is -2.42. The SMILES string of the molecule is CNc1ccncc1S(=O)(=O)NCC(C)(C)C(N)=O. The van der Waals surface area contributed by atoms with E-state index < -0.39 is 21.3 Å². The molecule has 0 saturated carbocycles. The highest BCUT2D eigenvalue weighted by Gasteiger charge is 2.28. The van der Waals surface area contributed by atoms with Crippen LogP contribution >= 0.6 is 0 Å². The Labute approximate surface area is 112 Å². The second kappa shape index (κ2) is 5.54. The molecule has 0 bridgehead atoms. The molecule has 1 rings (SSSR count). The van der Waals surface area contributed by atoms with E-state index in [2.05, 4.69) is 15.0 Å². The number of nitrogens with one attached hydrogen (secondary N) is 2. The van der Waals surface area contributed by atoms with Crippen LogP contribution in [-0.2, 0) is 14.8 Å². The van der Waals surface area contributed by atoms with Crippen molar-refractivity contribution >= 4 is 21.6 Å². The van der Waals surface area contributed by atoms with Crippen molar-refractivity contribution in [2.45, 2.75) is 18.7 Å². The van der Waals surface area contributed by atoms with Crippen LogP contribution in [0.25, 0.3) is 0 Å². The highest BCUT2D eigenvalue weighted by atomic mass is 32.2. The predicted octanol–water partition coefficient (Wildman–Crippen LogP) is -0.0869. The maximum atomic E-state index is 12.1. The third-order valence-corrected chi connectivity index (χ3v) is 4.14. The van der Waals surface area contributed by atoms with Gasteiger partial charge < -0.3 is 11.1 Å². The summed E-state index contributed by atoms with van der Waals surface area (Å²) in [5, 5.41) is 2.77. The van der Waals surface area contributed by atoms with Crippen molar-refractivity contribution in [1.82, 2.24) is 9.71 Å². The van der Waals surface area contributed by atoms with Crippen molar-refractivity contribution in [1.29, 1.82) is 0 Å². The van der Waals surface area contributed by atoms with E-state index in [0.717, 1.165) is 0 Å². The molecule has 0 saturated heterocycles. The minimum Gasteiger partial charge on any atom is -0.387 e. The molecular weight excluding hydrogens is 268 g/mol. The van der Waals surface area contributed by atoms with Crippen molar-refractivity contribution in [3.63, 3.8) is 0 Å². The molecule has 0 aliphatic rings. The summed E-state index contributed by atoms with van der Waals surface area (Å²) in [6.07, 6.45) is 2.73. The average molecular weight is 286 g/mol. The van der Waals surface area contributed by atoms with E-state index in [9.17, 15) is 13.2 Å². The summed E-state index contributed by atoms with van der Waals surface area (Å²) in [4.78, 5) is 15.0. The quantitative estimate of drug-likeness (QED) is 0.676. The summed E-state index contributed by atoms with van der Waals surface area (Å²) in [6, 6.07) is 1.55. The molecule has 0 spiro atoms. The van der Waals surface area contributed by atoms with Crippen LogP contribution in [0.4, 0.5) is 5.69 Å². The molecular formula is C11H18N4O3S. The Kier molecular flexibility index (Phi) is 4.48. The molecule has 106 valence electrons. The standard InChI is InChI=1S/C11H18N4O3S/c1-11(2,10(12)16)7-15-19(17,18)9-6-14-5-4-8(9)13-3/h4-6,15H,7H2,1-3H3,(H2,12,16)(H,13,14). The molecule has 0 fully saturated rings. The van der Waals surface area contributed by atoms with Crippen LogP contribution in [0.3, 0.4) is 0 Å². The van der Waals surface area contributed by atoms with Crippen LogP contribution in [0, 0.1) is 5.41 Å². The maximum absolute atomic E-state index is 12.1. The Bertz CT molecular complexity index is 569. The fourth-order valence-corrected chi connectivity index (χ4v) is 2.61. The van der Waals surface area contributed by atoms with Crippen LogP contribution in [0.2, 0.25) is 0 Å². The average Bonchev–Trinajstić information content (AvgIpc) is 2.36. The zero-order valence-electron chi connectivity index (χ0n) is 11.1. The van der Waals surface area contributed by atoms with E-state index in [1.807, 2.05) is 0 Å². The van der Waals surface area contributed by atoms with E-state index in [1.165, 1.54) is 12.4 Å². The molecule has 19 heavy (non-hydrogen) atoms. The van der Waals surface area contributed by atoms with Gasteiger partial charge in [-0.1, -0.05) is 0 Å². The number of nitrogens with zero attached hydrogens (tertiary/aromatic N) is 1. The van der Waals surface area contributed by atoms with Gasteiger partial charge in [0.2, 0.25) is 15.9 Å². The summed E-state index contributed by atoms with van der Waals surface area (Å²) in [5.74, 6) is -0.574. The highest BCUT2D eigenvalue weighted by Crippen LogP contribution is 2.20. The smallest absolute Gasteiger partial charge is 0.244 e. The molecule has 0 aromatic carbocycles.